The molecule has 2 N–H and O–H groups in total. The van der Waals surface area contributed by atoms with Gasteiger partial charge in [0, 0.05) is 32.0 Å². The first kappa shape index (κ1) is 18.1. The Morgan fingerprint density at radius 1 is 1.19 bits per heavy atom. The van der Waals surface area contributed by atoms with E-state index in [9.17, 15) is 0 Å². The fourth-order valence-electron chi connectivity index (χ4n) is 3.05. The van der Waals surface area contributed by atoms with Gasteiger partial charge in [0.05, 0.1) is 11.1 Å². The maximum atomic E-state index is 6.01. The van der Waals surface area contributed by atoms with Gasteiger partial charge in [0.15, 0.2) is 5.65 Å². The van der Waals surface area contributed by atoms with Gasteiger partial charge in [0.1, 0.15) is 10.8 Å². The predicted molar refractivity (Wildman–Crippen MR) is 113 cm³/mol. The monoisotopic (exact) mass is 365 g/mol. The van der Waals surface area contributed by atoms with E-state index in [4.69, 9.17) is 18.0 Å². The number of imidazole rings is 1. The van der Waals surface area contributed by atoms with Crippen LogP contribution in [0, 0.1) is 0 Å². The van der Waals surface area contributed by atoms with E-state index in [2.05, 4.69) is 53.0 Å². The third-order valence-electron chi connectivity index (χ3n) is 4.50. The van der Waals surface area contributed by atoms with Gasteiger partial charge in [0.25, 0.3) is 0 Å². The summed E-state index contributed by atoms with van der Waals surface area (Å²) in [5.74, 6) is 0.721. The number of fused-ring (bicyclic) bond motifs is 1. The molecule has 0 saturated heterocycles. The van der Waals surface area contributed by atoms with Gasteiger partial charge in [-0.3, -0.25) is 0 Å². The van der Waals surface area contributed by atoms with Gasteiger partial charge in [-0.2, -0.15) is 0 Å². The van der Waals surface area contributed by atoms with Crippen LogP contribution in [0.2, 0.25) is 0 Å². The van der Waals surface area contributed by atoms with E-state index < -0.39 is 0 Å². The summed E-state index contributed by atoms with van der Waals surface area (Å²) in [6.07, 6.45) is 3.71. The zero-order valence-electron chi connectivity index (χ0n) is 15.3. The van der Waals surface area contributed by atoms with Crippen LogP contribution in [-0.2, 0) is 7.05 Å². The number of thiocarbonyl (C=S) groups is 1. The van der Waals surface area contributed by atoms with Crippen LogP contribution in [0.3, 0.4) is 0 Å². The van der Waals surface area contributed by atoms with Crippen molar-refractivity contribution < 1.29 is 0 Å². The summed E-state index contributed by atoms with van der Waals surface area (Å²) >= 11 is 5.29. The maximum Gasteiger partial charge on any atom is 0.178 e. The minimum absolute atomic E-state index is 0.316. The van der Waals surface area contributed by atoms with Crippen molar-refractivity contribution in [3.63, 3.8) is 0 Å². The van der Waals surface area contributed by atoms with Crippen LogP contribution in [-0.4, -0.2) is 32.6 Å². The SMILES string of the molecule is CCN(CC)c1ccc(/C=C(/C(N)=S)c2nc3ncccc3n2C)cc1. The minimum atomic E-state index is 0.316. The van der Waals surface area contributed by atoms with Crippen molar-refractivity contribution >= 4 is 45.7 Å². The van der Waals surface area contributed by atoms with E-state index in [0.29, 0.717) is 10.6 Å². The van der Waals surface area contributed by atoms with Crippen LogP contribution in [0.25, 0.3) is 22.8 Å². The van der Waals surface area contributed by atoms with Gasteiger partial charge in [-0.1, -0.05) is 24.4 Å². The van der Waals surface area contributed by atoms with Crippen molar-refractivity contribution in [3.05, 3.63) is 54.0 Å². The zero-order valence-corrected chi connectivity index (χ0v) is 16.1. The molecule has 0 spiro atoms. The Morgan fingerprint density at radius 2 is 1.88 bits per heavy atom. The number of nitrogens with two attached hydrogens (primary N) is 1. The van der Waals surface area contributed by atoms with Crippen molar-refractivity contribution in [2.45, 2.75) is 13.8 Å². The third kappa shape index (κ3) is 3.46. The number of benzene rings is 1. The molecule has 1 aromatic carbocycles. The molecule has 0 aliphatic rings. The molecule has 0 fully saturated rings. The first-order chi connectivity index (χ1) is 12.5. The molecule has 5 nitrogen and oxygen atoms in total. The summed E-state index contributed by atoms with van der Waals surface area (Å²) in [7, 11) is 1.95. The van der Waals surface area contributed by atoms with Gasteiger partial charge in [-0.05, 0) is 49.8 Å². The number of rotatable bonds is 6. The predicted octanol–water partition coefficient (Wildman–Crippen LogP) is 3.64. The topological polar surface area (TPSA) is 60.0 Å². The second kappa shape index (κ2) is 7.66. The van der Waals surface area contributed by atoms with Gasteiger partial charge in [-0.25, -0.2) is 9.97 Å². The molecule has 0 radical (unpaired) electrons. The van der Waals surface area contributed by atoms with Crippen molar-refractivity contribution in [1.29, 1.82) is 0 Å². The minimum Gasteiger partial charge on any atom is -0.389 e. The lowest BCUT2D eigenvalue weighted by Gasteiger charge is -2.20. The van der Waals surface area contributed by atoms with Crippen LogP contribution >= 0.6 is 12.2 Å². The summed E-state index contributed by atoms with van der Waals surface area (Å²) in [6.45, 7) is 6.28. The molecule has 26 heavy (non-hydrogen) atoms. The van der Waals surface area contributed by atoms with Crippen LogP contribution in [0.4, 0.5) is 5.69 Å². The quantitative estimate of drug-likeness (QED) is 0.534. The van der Waals surface area contributed by atoms with Gasteiger partial charge < -0.3 is 15.2 Å². The fraction of sp³-hybridized carbons (Fsp3) is 0.250. The normalized spacial score (nSPS) is 11.7. The number of aryl methyl sites for hydroxylation is 1. The van der Waals surface area contributed by atoms with E-state index in [1.165, 1.54) is 5.69 Å². The second-order valence-corrected chi connectivity index (χ2v) is 6.47. The molecule has 6 heteroatoms. The Labute approximate surface area is 159 Å². The largest absolute Gasteiger partial charge is 0.389 e. The van der Waals surface area contributed by atoms with E-state index >= 15 is 0 Å². The highest BCUT2D eigenvalue weighted by Gasteiger charge is 2.15. The Kier molecular flexibility index (Phi) is 5.32. The highest BCUT2D eigenvalue weighted by Crippen LogP contribution is 2.23. The number of hydrogen-bond donors (Lipinski definition) is 1. The molecule has 3 aromatic rings. The van der Waals surface area contributed by atoms with E-state index in [1.807, 2.05) is 29.8 Å². The smallest absolute Gasteiger partial charge is 0.178 e. The van der Waals surface area contributed by atoms with Gasteiger partial charge in [0.2, 0.25) is 0 Å². The molecule has 2 aromatic heterocycles. The lowest BCUT2D eigenvalue weighted by molar-refractivity contribution is 0.866. The number of anilines is 1. The second-order valence-electron chi connectivity index (χ2n) is 6.03. The Bertz CT molecular complexity index is 952. The Hall–Kier alpha value is -2.73. The Balaban J connectivity index is 2.02. The fourth-order valence-corrected chi connectivity index (χ4v) is 3.20. The molecule has 0 bridgehead atoms. The summed E-state index contributed by atoms with van der Waals surface area (Å²) < 4.78 is 1.97. The molecule has 0 atom stereocenters. The standard InChI is InChI=1S/C20H23N5S/c1-4-25(5-2)15-10-8-14(9-11-15)13-16(18(21)26)20-23-19-17(24(20)3)7-6-12-22-19/h6-13H,4-5H2,1-3H3,(H2,21,26)/b16-13-. The third-order valence-corrected chi connectivity index (χ3v) is 4.72. The number of aromatic nitrogens is 3. The lowest BCUT2D eigenvalue weighted by atomic mass is 10.1. The first-order valence-electron chi connectivity index (χ1n) is 8.69. The summed E-state index contributed by atoms with van der Waals surface area (Å²) in [4.78, 5) is 11.5. The van der Waals surface area contributed by atoms with E-state index in [-0.39, 0.29) is 0 Å². The molecule has 0 aliphatic heterocycles. The van der Waals surface area contributed by atoms with Crippen molar-refractivity contribution in [1.82, 2.24) is 14.5 Å². The number of pyridine rings is 1. The lowest BCUT2D eigenvalue weighted by Crippen LogP contribution is -2.21. The average Bonchev–Trinajstić information content (AvgIpc) is 2.98. The maximum absolute atomic E-state index is 6.01. The van der Waals surface area contributed by atoms with Crippen LogP contribution in [0.5, 0.6) is 0 Å². The molecular formula is C20H23N5S. The van der Waals surface area contributed by atoms with Gasteiger partial charge >= 0.3 is 0 Å². The van der Waals surface area contributed by atoms with Crippen molar-refractivity contribution in [2.24, 2.45) is 12.8 Å². The highest BCUT2D eigenvalue weighted by atomic mass is 32.1. The van der Waals surface area contributed by atoms with Crippen LogP contribution < -0.4 is 10.6 Å². The molecule has 0 amide bonds. The van der Waals surface area contributed by atoms with E-state index in [0.717, 1.165) is 35.6 Å². The molecule has 0 aliphatic carbocycles. The highest BCUT2D eigenvalue weighted by molar-refractivity contribution is 7.81. The summed E-state index contributed by atoms with van der Waals surface area (Å²) in [6, 6.07) is 12.3. The van der Waals surface area contributed by atoms with Crippen molar-refractivity contribution in [3.8, 4) is 0 Å². The van der Waals surface area contributed by atoms with Crippen molar-refractivity contribution in [2.75, 3.05) is 18.0 Å². The number of hydrogen-bond acceptors (Lipinski definition) is 4. The molecule has 2 heterocycles. The van der Waals surface area contributed by atoms with E-state index in [1.54, 1.807) is 6.20 Å². The number of nitrogens with zero attached hydrogens (tertiary/aromatic N) is 4. The molecule has 3 rings (SSSR count). The van der Waals surface area contributed by atoms with Crippen LogP contribution in [0.15, 0.2) is 42.6 Å². The molecule has 0 saturated carbocycles. The molecular weight excluding hydrogens is 342 g/mol. The average molecular weight is 366 g/mol. The van der Waals surface area contributed by atoms with Crippen LogP contribution in [0.1, 0.15) is 25.2 Å². The first-order valence-corrected chi connectivity index (χ1v) is 9.10. The summed E-state index contributed by atoms with van der Waals surface area (Å²) in [5, 5.41) is 0. The molecule has 134 valence electrons. The zero-order chi connectivity index (χ0) is 18.7. The Morgan fingerprint density at radius 3 is 2.46 bits per heavy atom. The van der Waals surface area contributed by atoms with Gasteiger partial charge in [-0.15, -0.1) is 0 Å². The molecule has 0 unspecified atom stereocenters. The summed E-state index contributed by atoms with van der Waals surface area (Å²) in [5.41, 5.74) is 10.6.